The molecule has 0 fully saturated rings. The van der Waals surface area contributed by atoms with E-state index in [-0.39, 0.29) is 11.2 Å². The smallest absolute Gasteiger partial charge is 0.255 e. The molecule has 7 nitrogen and oxygen atoms in total. The number of nitrogens with zero attached hydrogens (tertiary/aromatic N) is 2. The van der Waals surface area contributed by atoms with Gasteiger partial charge < -0.3 is 10.6 Å². The van der Waals surface area contributed by atoms with Gasteiger partial charge in [-0.3, -0.25) is 4.79 Å². The fourth-order valence-corrected chi connectivity index (χ4v) is 2.63. The van der Waals surface area contributed by atoms with Gasteiger partial charge in [0.05, 0.1) is 6.20 Å². The SMILES string of the molecule is O=[NH+]c1cccc(C(=O)Nc2cccc(CNc3nc(Cl)ncc3Cl)c2)c1. The van der Waals surface area contributed by atoms with E-state index < -0.39 is 0 Å². The maximum Gasteiger partial charge on any atom is 0.255 e. The minimum Gasteiger partial charge on any atom is -0.365 e. The standard InChI is InChI=1S/C18H13Cl2N5O2/c19-15-10-22-18(20)24-16(15)21-9-11-3-1-5-13(7-11)23-17(26)12-4-2-6-14(8-12)25-27/h1-8,10H,9H2,(H,23,26)(H,21,22,24)/p+1. The zero-order valence-corrected chi connectivity index (χ0v) is 15.4. The summed E-state index contributed by atoms with van der Waals surface area (Å²) >= 11 is 11.8. The summed E-state index contributed by atoms with van der Waals surface area (Å²) < 4.78 is 0. The second-order valence-electron chi connectivity index (χ2n) is 5.53. The number of aromatic nitrogens is 2. The molecule has 0 unspecified atom stereocenters. The van der Waals surface area contributed by atoms with Crippen molar-refractivity contribution in [3.63, 3.8) is 0 Å². The van der Waals surface area contributed by atoms with Gasteiger partial charge in [-0.15, -0.1) is 0 Å². The van der Waals surface area contributed by atoms with Crippen molar-refractivity contribution in [3.05, 3.63) is 81.1 Å². The van der Waals surface area contributed by atoms with Crippen molar-refractivity contribution in [2.75, 3.05) is 10.6 Å². The van der Waals surface area contributed by atoms with Crippen molar-refractivity contribution < 1.29 is 9.97 Å². The molecule has 136 valence electrons. The molecule has 1 amide bonds. The highest BCUT2D eigenvalue weighted by atomic mass is 35.5. The summed E-state index contributed by atoms with van der Waals surface area (Å²) in [6.07, 6.45) is 1.42. The van der Waals surface area contributed by atoms with Gasteiger partial charge in [-0.2, -0.15) is 4.98 Å². The third kappa shape index (κ3) is 4.99. The van der Waals surface area contributed by atoms with E-state index in [1.165, 1.54) is 12.3 Å². The molecule has 0 aliphatic carbocycles. The fraction of sp³-hybridized carbons (Fsp3) is 0.0556. The fourth-order valence-electron chi connectivity index (χ4n) is 2.34. The highest BCUT2D eigenvalue weighted by Gasteiger charge is 2.10. The number of rotatable bonds is 6. The number of anilines is 2. The van der Waals surface area contributed by atoms with E-state index in [2.05, 4.69) is 20.6 Å². The van der Waals surface area contributed by atoms with Crippen LogP contribution in [0.25, 0.3) is 0 Å². The quantitative estimate of drug-likeness (QED) is 0.550. The molecule has 3 N–H and O–H groups in total. The molecule has 1 aromatic heterocycles. The Kier molecular flexibility index (Phi) is 5.95. The number of hydrogen-bond acceptors (Lipinski definition) is 5. The molecule has 0 bridgehead atoms. The van der Waals surface area contributed by atoms with Gasteiger partial charge in [-0.05, 0) is 35.4 Å². The summed E-state index contributed by atoms with van der Waals surface area (Å²) in [5.74, 6) is 0.107. The minimum atomic E-state index is -0.317. The van der Waals surface area contributed by atoms with E-state index in [1.807, 2.05) is 18.2 Å². The van der Waals surface area contributed by atoms with E-state index >= 15 is 0 Å². The molecule has 27 heavy (non-hydrogen) atoms. The number of nitrogens with one attached hydrogen (secondary N) is 3. The van der Waals surface area contributed by atoms with E-state index in [1.54, 1.807) is 29.4 Å². The van der Waals surface area contributed by atoms with Gasteiger partial charge in [-0.25, -0.2) is 4.98 Å². The number of halogens is 2. The molecule has 3 aromatic rings. The molecule has 0 aliphatic rings. The van der Waals surface area contributed by atoms with E-state index in [0.717, 1.165) is 5.56 Å². The van der Waals surface area contributed by atoms with Crippen LogP contribution in [0.1, 0.15) is 15.9 Å². The average molecular weight is 403 g/mol. The minimum absolute atomic E-state index is 0.0951. The second kappa shape index (κ2) is 8.57. The van der Waals surface area contributed by atoms with Gasteiger partial charge in [0.2, 0.25) is 5.28 Å². The maximum atomic E-state index is 12.3. The Labute approximate surface area is 164 Å². The van der Waals surface area contributed by atoms with Crippen molar-refractivity contribution in [3.8, 4) is 0 Å². The predicted octanol–water partition coefficient (Wildman–Crippen LogP) is 3.13. The Hall–Kier alpha value is -3.03. The first-order valence-corrected chi connectivity index (χ1v) is 8.61. The molecule has 0 saturated carbocycles. The zero-order chi connectivity index (χ0) is 19.2. The van der Waals surface area contributed by atoms with Gasteiger partial charge in [0, 0.05) is 40.0 Å². The van der Waals surface area contributed by atoms with E-state index in [9.17, 15) is 9.70 Å². The number of carbonyl (C=O) groups is 1. The third-order valence-corrected chi connectivity index (χ3v) is 4.06. The van der Waals surface area contributed by atoms with Crippen LogP contribution in [-0.4, -0.2) is 15.9 Å². The van der Waals surface area contributed by atoms with Gasteiger partial charge in [0.1, 0.15) is 10.8 Å². The zero-order valence-electron chi connectivity index (χ0n) is 13.9. The molecule has 1 heterocycles. The highest BCUT2D eigenvalue weighted by molar-refractivity contribution is 6.33. The van der Waals surface area contributed by atoms with Crippen LogP contribution in [0.4, 0.5) is 17.2 Å². The van der Waals surface area contributed by atoms with E-state index in [0.29, 0.717) is 34.3 Å². The molecule has 2 aromatic carbocycles. The monoisotopic (exact) mass is 402 g/mol. The number of benzene rings is 2. The lowest BCUT2D eigenvalue weighted by atomic mass is 10.1. The molecule has 0 saturated heterocycles. The van der Waals surface area contributed by atoms with Crippen LogP contribution in [-0.2, 0) is 6.54 Å². The van der Waals surface area contributed by atoms with Crippen LogP contribution in [0.15, 0.2) is 54.7 Å². The van der Waals surface area contributed by atoms with Crippen LogP contribution in [0.2, 0.25) is 10.3 Å². The Bertz CT molecular complexity index is 997. The lowest BCUT2D eigenvalue weighted by Gasteiger charge is -2.10. The first kappa shape index (κ1) is 18.8. The molecular formula is C18H14Cl2N5O2+. The van der Waals surface area contributed by atoms with Crippen molar-refractivity contribution >= 4 is 46.3 Å². The van der Waals surface area contributed by atoms with Crippen molar-refractivity contribution in [1.29, 1.82) is 0 Å². The molecular weight excluding hydrogens is 389 g/mol. The number of nitroso groups, excluding NO2 is 1. The first-order chi connectivity index (χ1) is 13.0. The van der Waals surface area contributed by atoms with Gasteiger partial charge in [0.25, 0.3) is 11.6 Å². The summed E-state index contributed by atoms with van der Waals surface area (Å²) in [6.45, 7) is 0.423. The molecule has 0 atom stereocenters. The first-order valence-electron chi connectivity index (χ1n) is 7.85. The van der Waals surface area contributed by atoms with Crippen molar-refractivity contribution in [2.24, 2.45) is 0 Å². The second-order valence-corrected chi connectivity index (χ2v) is 6.27. The lowest BCUT2D eigenvalue weighted by Crippen LogP contribution is -2.55. The Morgan fingerprint density at radius 1 is 1.11 bits per heavy atom. The van der Waals surface area contributed by atoms with Crippen LogP contribution < -0.4 is 15.8 Å². The Morgan fingerprint density at radius 3 is 2.74 bits per heavy atom. The van der Waals surface area contributed by atoms with Crippen LogP contribution in [0.3, 0.4) is 0 Å². The number of carbonyl (C=O) groups excluding carboxylic acids is 1. The normalized spacial score (nSPS) is 10.3. The summed E-state index contributed by atoms with van der Waals surface area (Å²) in [6, 6.07) is 13.6. The third-order valence-electron chi connectivity index (χ3n) is 3.60. The number of amides is 1. The lowest BCUT2D eigenvalue weighted by molar-refractivity contribution is -0.379. The topological polar surface area (TPSA) is 98.0 Å². The van der Waals surface area contributed by atoms with Crippen molar-refractivity contribution in [2.45, 2.75) is 6.54 Å². The molecule has 9 heteroatoms. The molecule has 3 rings (SSSR count). The number of hydrogen-bond donors (Lipinski definition) is 3. The van der Waals surface area contributed by atoms with Gasteiger partial charge in [0.15, 0.2) is 0 Å². The van der Waals surface area contributed by atoms with Crippen LogP contribution in [0.5, 0.6) is 0 Å². The summed E-state index contributed by atoms with van der Waals surface area (Å²) in [5.41, 5.74) is 2.21. The Morgan fingerprint density at radius 2 is 1.93 bits per heavy atom. The van der Waals surface area contributed by atoms with Crippen molar-refractivity contribution in [1.82, 2.24) is 9.97 Å². The Balaban J connectivity index is 1.68. The maximum absolute atomic E-state index is 12.3. The molecule has 0 spiro atoms. The average Bonchev–Trinajstić information content (AvgIpc) is 2.69. The highest BCUT2D eigenvalue weighted by Crippen LogP contribution is 2.21. The molecule has 0 radical (unpaired) electrons. The van der Waals surface area contributed by atoms with Gasteiger partial charge in [-0.1, -0.05) is 29.8 Å². The van der Waals surface area contributed by atoms with Crippen LogP contribution >= 0.6 is 23.2 Å². The predicted molar refractivity (Wildman–Crippen MR) is 104 cm³/mol. The van der Waals surface area contributed by atoms with E-state index in [4.69, 9.17) is 23.2 Å². The molecule has 0 aliphatic heterocycles. The summed E-state index contributed by atoms with van der Waals surface area (Å²) in [5, 5.41) is 8.09. The van der Waals surface area contributed by atoms with Crippen LogP contribution in [0, 0.1) is 4.91 Å². The summed E-state index contributed by atoms with van der Waals surface area (Å²) in [4.78, 5) is 30.9. The summed E-state index contributed by atoms with van der Waals surface area (Å²) in [7, 11) is 0. The largest absolute Gasteiger partial charge is 0.365 e. The van der Waals surface area contributed by atoms with Gasteiger partial charge >= 0.3 is 0 Å².